The molecule has 1 aromatic carbocycles. The van der Waals surface area contributed by atoms with Gasteiger partial charge in [0.15, 0.2) is 21.3 Å². The molecule has 0 saturated carbocycles. The molecule has 2 aliphatic rings. The summed E-state index contributed by atoms with van der Waals surface area (Å²) < 4.78 is 34.0. The summed E-state index contributed by atoms with van der Waals surface area (Å²) >= 11 is 1.41. The van der Waals surface area contributed by atoms with Crippen LogP contribution in [0.5, 0.6) is 11.5 Å². The lowest BCUT2D eigenvalue weighted by Gasteiger charge is -2.23. The standard InChI is InChI=1S/C15H19NO5S2/c1-16(11-4-7-23(18,19)10-11)15(17)9-22-12-2-3-13-14(8-12)21-6-5-20-13/h2-3,8,11H,4-7,9-10H2,1H3. The SMILES string of the molecule is CN(C(=O)CSc1ccc2c(c1)OCCO2)C1CCS(=O)(=O)C1. The molecule has 1 fully saturated rings. The molecule has 6 nitrogen and oxygen atoms in total. The summed E-state index contributed by atoms with van der Waals surface area (Å²) in [4.78, 5) is 14.7. The van der Waals surface area contributed by atoms with Crippen molar-refractivity contribution in [3.63, 3.8) is 0 Å². The van der Waals surface area contributed by atoms with Gasteiger partial charge in [-0.15, -0.1) is 11.8 Å². The molecule has 2 heterocycles. The minimum absolute atomic E-state index is 0.0630. The second-order valence-corrected chi connectivity index (χ2v) is 8.93. The fraction of sp³-hybridized carbons (Fsp3) is 0.533. The van der Waals surface area contributed by atoms with Crippen LogP contribution < -0.4 is 9.47 Å². The predicted octanol–water partition coefficient (Wildman–Crippen LogP) is 1.20. The summed E-state index contributed by atoms with van der Waals surface area (Å²) in [6.45, 7) is 1.08. The molecule has 0 aliphatic carbocycles. The molecule has 0 spiro atoms. The number of carbonyl (C=O) groups is 1. The topological polar surface area (TPSA) is 72.9 Å². The number of hydrogen-bond donors (Lipinski definition) is 0. The van der Waals surface area contributed by atoms with Gasteiger partial charge in [-0.3, -0.25) is 4.79 Å². The third kappa shape index (κ3) is 3.92. The normalized spacial score (nSPS) is 21.9. The molecule has 126 valence electrons. The summed E-state index contributed by atoms with van der Waals surface area (Å²) in [6, 6.07) is 5.40. The summed E-state index contributed by atoms with van der Waals surface area (Å²) in [7, 11) is -1.30. The average Bonchev–Trinajstić information content (AvgIpc) is 2.91. The second kappa shape index (κ2) is 6.60. The van der Waals surface area contributed by atoms with Crippen LogP contribution in [0.25, 0.3) is 0 Å². The Kier molecular flexibility index (Phi) is 4.72. The molecular weight excluding hydrogens is 338 g/mol. The molecule has 0 radical (unpaired) electrons. The highest BCUT2D eigenvalue weighted by Crippen LogP contribution is 2.34. The van der Waals surface area contributed by atoms with Gasteiger partial charge < -0.3 is 14.4 Å². The largest absolute Gasteiger partial charge is 0.486 e. The molecule has 1 aromatic rings. The van der Waals surface area contributed by atoms with Crippen molar-refractivity contribution < 1.29 is 22.7 Å². The van der Waals surface area contributed by atoms with Gasteiger partial charge in [-0.05, 0) is 24.6 Å². The van der Waals surface area contributed by atoms with Gasteiger partial charge in [0.05, 0.1) is 17.3 Å². The van der Waals surface area contributed by atoms with Crippen LogP contribution in [0.2, 0.25) is 0 Å². The minimum atomic E-state index is -2.98. The molecule has 23 heavy (non-hydrogen) atoms. The highest BCUT2D eigenvalue weighted by Gasteiger charge is 2.32. The number of benzene rings is 1. The quantitative estimate of drug-likeness (QED) is 0.754. The number of amides is 1. The Morgan fingerprint density at radius 3 is 2.74 bits per heavy atom. The van der Waals surface area contributed by atoms with Crippen molar-refractivity contribution in [1.82, 2.24) is 4.90 Å². The monoisotopic (exact) mass is 357 g/mol. The van der Waals surface area contributed by atoms with Crippen LogP contribution in [0.15, 0.2) is 23.1 Å². The Bertz CT molecular complexity index is 704. The maximum absolute atomic E-state index is 12.3. The Labute approximate surface area is 140 Å². The highest BCUT2D eigenvalue weighted by molar-refractivity contribution is 8.00. The van der Waals surface area contributed by atoms with Crippen LogP contribution in [0.4, 0.5) is 0 Å². The lowest BCUT2D eigenvalue weighted by atomic mass is 10.2. The third-order valence-corrected chi connectivity index (χ3v) is 6.75. The zero-order valence-corrected chi connectivity index (χ0v) is 14.5. The van der Waals surface area contributed by atoms with Crippen molar-refractivity contribution in [2.45, 2.75) is 17.4 Å². The lowest BCUT2D eigenvalue weighted by Crippen LogP contribution is -2.38. The van der Waals surface area contributed by atoms with E-state index in [1.54, 1.807) is 11.9 Å². The fourth-order valence-electron chi connectivity index (χ4n) is 2.64. The van der Waals surface area contributed by atoms with Crippen LogP contribution >= 0.6 is 11.8 Å². The lowest BCUT2D eigenvalue weighted by molar-refractivity contribution is -0.128. The fourth-order valence-corrected chi connectivity index (χ4v) is 5.27. The first-order valence-electron chi connectivity index (χ1n) is 7.43. The third-order valence-electron chi connectivity index (χ3n) is 4.03. The number of carbonyl (C=O) groups excluding carboxylic acids is 1. The van der Waals surface area contributed by atoms with Gasteiger partial charge in [0.2, 0.25) is 5.91 Å². The minimum Gasteiger partial charge on any atom is -0.486 e. The van der Waals surface area contributed by atoms with Crippen molar-refractivity contribution in [3.8, 4) is 11.5 Å². The molecule has 0 bridgehead atoms. The number of hydrogen-bond acceptors (Lipinski definition) is 6. The molecule has 1 unspecified atom stereocenters. The van der Waals surface area contributed by atoms with Crippen molar-refractivity contribution in [2.24, 2.45) is 0 Å². The molecule has 1 atom stereocenters. The van der Waals surface area contributed by atoms with E-state index in [2.05, 4.69) is 0 Å². The van der Waals surface area contributed by atoms with Crippen LogP contribution in [-0.2, 0) is 14.6 Å². The van der Waals surface area contributed by atoms with E-state index < -0.39 is 9.84 Å². The number of thioether (sulfide) groups is 1. The summed E-state index contributed by atoms with van der Waals surface area (Å²) in [6.07, 6.45) is 0.527. The maximum atomic E-state index is 12.3. The zero-order chi connectivity index (χ0) is 16.4. The van der Waals surface area contributed by atoms with Gasteiger partial charge >= 0.3 is 0 Å². The molecular formula is C15H19NO5S2. The Morgan fingerprint density at radius 1 is 1.30 bits per heavy atom. The Balaban J connectivity index is 1.56. The predicted molar refractivity (Wildman–Crippen MR) is 88.0 cm³/mol. The van der Waals surface area contributed by atoms with Gasteiger partial charge in [-0.1, -0.05) is 0 Å². The first-order valence-corrected chi connectivity index (χ1v) is 10.2. The molecule has 3 rings (SSSR count). The molecule has 2 aliphatic heterocycles. The van der Waals surface area contributed by atoms with Crippen LogP contribution in [0, 0.1) is 0 Å². The number of rotatable bonds is 4. The van der Waals surface area contributed by atoms with Gasteiger partial charge in [0.1, 0.15) is 13.2 Å². The molecule has 1 saturated heterocycles. The Morgan fingerprint density at radius 2 is 2.04 bits per heavy atom. The molecule has 1 amide bonds. The van der Waals surface area contributed by atoms with Gasteiger partial charge in [0.25, 0.3) is 0 Å². The molecule has 0 aromatic heterocycles. The van der Waals surface area contributed by atoms with Crippen LogP contribution in [0.1, 0.15) is 6.42 Å². The maximum Gasteiger partial charge on any atom is 0.232 e. The van der Waals surface area contributed by atoms with Crippen LogP contribution in [-0.4, -0.2) is 62.8 Å². The van der Waals surface area contributed by atoms with Crippen molar-refractivity contribution in [3.05, 3.63) is 18.2 Å². The van der Waals surface area contributed by atoms with Crippen molar-refractivity contribution in [2.75, 3.05) is 37.5 Å². The molecule has 8 heteroatoms. The second-order valence-electron chi connectivity index (χ2n) is 5.66. The number of fused-ring (bicyclic) bond motifs is 1. The number of nitrogens with zero attached hydrogens (tertiary/aromatic N) is 1. The highest BCUT2D eigenvalue weighted by atomic mass is 32.2. The summed E-state index contributed by atoms with van der Waals surface area (Å²) in [5.41, 5.74) is 0. The summed E-state index contributed by atoms with van der Waals surface area (Å²) in [5, 5.41) is 0. The van der Waals surface area contributed by atoms with E-state index in [-0.39, 0.29) is 29.2 Å². The average molecular weight is 357 g/mol. The number of ether oxygens (including phenoxy) is 2. The smallest absolute Gasteiger partial charge is 0.232 e. The van der Waals surface area contributed by atoms with E-state index in [0.29, 0.717) is 25.4 Å². The van der Waals surface area contributed by atoms with E-state index in [0.717, 1.165) is 10.6 Å². The first kappa shape index (κ1) is 16.4. The number of sulfone groups is 1. The van der Waals surface area contributed by atoms with E-state index in [1.165, 1.54) is 11.8 Å². The van der Waals surface area contributed by atoms with E-state index in [9.17, 15) is 13.2 Å². The van der Waals surface area contributed by atoms with Gasteiger partial charge in [0, 0.05) is 18.0 Å². The van der Waals surface area contributed by atoms with E-state index in [1.807, 2.05) is 18.2 Å². The summed E-state index contributed by atoms with van der Waals surface area (Å²) in [5.74, 6) is 1.87. The Hall–Kier alpha value is -1.41. The van der Waals surface area contributed by atoms with E-state index in [4.69, 9.17) is 9.47 Å². The van der Waals surface area contributed by atoms with Gasteiger partial charge in [-0.2, -0.15) is 0 Å². The zero-order valence-electron chi connectivity index (χ0n) is 12.9. The van der Waals surface area contributed by atoms with Crippen molar-refractivity contribution in [1.29, 1.82) is 0 Å². The first-order chi connectivity index (χ1) is 10.9. The van der Waals surface area contributed by atoms with Crippen LogP contribution in [0.3, 0.4) is 0 Å². The van der Waals surface area contributed by atoms with E-state index >= 15 is 0 Å². The van der Waals surface area contributed by atoms with Crippen molar-refractivity contribution >= 4 is 27.5 Å². The molecule has 0 N–H and O–H groups in total. The van der Waals surface area contributed by atoms with Gasteiger partial charge in [-0.25, -0.2) is 8.42 Å².